The van der Waals surface area contributed by atoms with Crippen LogP contribution in [0.1, 0.15) is 53.0 Å². The van der Waals surface area contributed by atoms with Crippen molar-refractivity contribution in [3.05, 3.63) is 50.2 Å². The van der Waals surface area contributed by atoms with Gasteiger partial charge in [-0.2, -0.15) is 10.4 Å². The van der Waals surface area contributed by atoms with Gasteiger partial charge in [-0.25, -0.2) is 0 Å². The van der Waals surface area contributed by atoms with E-state index in [0.717, 1.165) is 16.8 Å². The number of hydrogen-bond acceptors (Lipinski definition) is 4. The molecule has 0 saturated carbocycles. The van der Waals surface area contributed by atoms with E-state index in [4.69, 9.17) is 5.26 Å². The third-order valence-electron chi connectivity index (χ3n) is 4.64. The van der Waals surface area contributed by atoms with E-state index in [-0.39, 0.29) is 29.5 Å². The number of carbonyl (C=O) groups excluding carboxylic acids is 1. The molecule has 0 bridgehead atoms. The van der Waals surface area contributed by atoms with Gasteiger partial charge in [-0.1, -0.05) is 0 Å². The van der Waals surface area contributed by atoms with E-state index in [0.29, 0.717) is 17.7 Å². The topological polar surface area (TPSA) is 104 Å². The average Bonchev–Trinajstić information content (AvgIpc) is 2.86. The van der Waals surface area contributed by atoms with Crippen LogP contribution >= 0.6 is 0 Å². The number of amides is 1. The largest absolute Gasteiger partial charge is 0.349 e. The lowest BCUT2D eigenvalue weighted by Gasteiger charge is -2.15. The summed E-state index contributed by atoms with van der Waals surface area (Å²) in [5.41, 5.74) is 3.92. The van der Waals surface area contributed by atoms with E-state index in [1.54, 1.807) is 24.7 Å². The number of hydrogen-bond donors (Lipinski definition) is 2. The van der Waals surface area contributed by atoms with Gasteiger partial charge >= 0.3 is 0 Å². The van der Waals surface area contributed by atoms with Gasteiger partial charge in [-0.05, 0) is 45.2 Å². The molecule has 1 amide bonds. The molecule has 0 spiro atoms. The summed E-state index contributed by atoms with van der Waals surface area (Å²) in [6.45, 7) is 7.41. The molecule has 0 radical (unpaired) electrons. The van der Waals surface area contributed by atoms with Crippen LogP contribution in [0.5, 0.6) is 0 Å². The van der Waals surface area contributed by atoms with Crippen LogP contribution in [0.15, 0.2) is 11.0 Å². The van der Waals surface area contributed by atoms with Crippen LogP contribution in [-0.4, -0.2) is 20.7 Å². The first-order chi connectivity index (χ1) is 11.8. The van der Waals surface area contributed by atoms with Crippen LogP contribution in [-0.2, 0) is 18.3 Å². The minimum Gasteiger partial charge on any atom is -0.349 e. The normalized spacial score (nSPS) is 11.8. The highest BCUT2D eigenvalue weighted by Gasteiger charge is 2.16. The summed E-state index contributed by atoms with van der Waals surface area (Å²) in [6, 6.07) is 1.80. The quantitative estimate of drug-likeness (QED) is 0.864. The Bertz CT molecular complexity index is 901. The molecule has 2 heterocycles. The molecular weight excluding hydrogens is 318 g/mol. The Morgan fingerprint density at radius 1 is 1.44 bits per heavy atom. The Labute approximate surface area is 146 Å². The zero-order valence-corrected chi connectivity index (χ0v) is 15.2. The average molecular weight is 341 g/mol. The Kier molecular flexibility index (Phi) is 5.42. The van der Waals surface area contributed by atoms with Crippen LogP contribution < -0.4 is 10.9 Å². The number of carbonyl (C=O) groups is 1. The Hall–Kier alpha value is -2.88. The molecule has 2 aromatic heterocycles. The number of nitriles is 1. The highest BCUT2D eigenvalue weighted by Crippen LogP contribution is 2.18. The molecule has 7 nitrogen and oxygen atoms in total. The third-order valence-corrected chi connectivity index (χ3v) is 4.64. The Balaban J connectivity index is 2.07. The molecule has 25 heavy (non-hydrogen) atoms. The summed E-state index contributed by atoms with van der Waals surface area (Å²) in [5, 5.41) is 16.3. The molecule has 1 atom stereocenters. The van der Waals surface area contributed by atoms with Crippen molar-refractivity contribution in [2.45, 2.75) is 46.6 Å². The lowest BCUT2D eigenvalue weighted by molar-refractivity contribution is -0.121. The van der Waals surface area contributed by atoms with E-state index in [2.05, 4.69) is 15.4 Å². The van der Waals surface area contributed by atoms with Gasteiger partial charge in [0.15, 0.2) is 0 Å². The molecule has 0 aromatic carbocycles. The summed E-state index contributed by atoms with van der Waals surface area (Å²) in [7, 11) is 1.86. The second kappa shape index (κ2) is 7.34. The fourth-order valence-electron chi connectivity index (χ4n) is 2.99. The molecule has 0 aliphatic heterocycles. The van der Waals surface area contributed by atoms with Crippen LogP contribution in [0.2, 0.25) is 0 Å². The zero-order valence-electron chi connectivity index (χ0n) is 15.2. The molecule has 2 N–H and O–H groups in total. The summed E-state index contributed by atoms with van der Waals surface area (Å²) >= 11 is 0. The van der Waals surface area contributed by atoms with Crippen molar-refractivity contribution in [1.82, 2.24) is 20.1 Å². The molecule has 2 rings (SSSR count). The van der Waals surface area contributed by atoms with Crippen molar-refractivity contribution < 1.29 is 4.79 Å². The van der Waals surface area contributed by atoms with Gasteiger partial charge in [0.25, 0.3) is 5.56 Å². The van der Waals surface area contributed by atoms with E-state index < -0.39 is 0 Å². The van der Waals surface area contributed by atoms with Gasteiger partial charge < -0.3 is 10.3 Å². The maximum atomic E-state index is 12.3. The van der Waals surface area contributed by atoms with Crippen molar-refractivity contribution in [3.8, 4) is 6.07 Å². The summed E-state index contributed by atoms with van der Waals surface area (Å²) in [5.74, 6) is -0.0840. The van der Waals surface area contributed by atoms with Crippen LogP contribution in [0.4, 0.5) is 0 Å². The smallest absolute Gasteiger partial charge is 0.266 e. The predicted molar refractivity (Wildman–Crippen MR) is 94.1 cm³/mol. The standard InChI is InChI=1S/C18H23N5O2/c1-10-14(11(2)22-18(25)15(10)8-19)6-7-17(24)21-12(3)16-9-20-23(5)13(16)4/h9,12H,6-7H2,1-5H3,(H,21,24)(H,22,25)/t12-/m1/s1. The molecule has 0 aliphatic carbocycles. The van der Waals surface area contributed by atoms with Gasteiger partial charge in [0, 0.05) is 30.4 Å². The molecule has 132 valence electrons. The Morgan fingerprint density at radius 3 is 2.68 bits per heavy atom. The zero-order chi connectivity index (χ0) is 18.7. The maximum Gasteiger partial charge on any atom is 0.266 e. The first kappa shape index (κ1) is 18.5. The molecular formula is C18H23N5O2. The van der Waals surface area contributed by atoms with Crippen molar-refractivity contribution in [2.75, 3.05) is 0 Å². The van der Waals surface area contributed by atoms with Gasteiger partial charge in [0.1, 0.15) is 11.6 Å². The SMILES string of the molecule is Cc1[nH]c(=O)c(C#N)c(C)c1CCC(=O)N[C@H](C)c1cnn(C)c1C. The minimum absolute atomic E-state index is 0.0840. The van der Waals surface area contributed by atoms with Crippen molar-refractivity contribution in [1.29, 1.82) is 5.26 Å². The predicted octanol–water partition coefficient (Wildman–Crippen LogP) is 1.72. The van der Waals surface area contributed by atoms with Gasteiger partial charge in [-0.15, -0.1) is 0 Å². The first-order valence-corrected chi connectivity index (χ1v) is 8.16. The van der Waals surface area contributed by atoms with E-state index in [1.807, 2.05) is 27.0 Å². The third kappa shape index (κ3) is 3.79. The number of aromatic nitrogens is 3. The van der Waals surface area contributed by atoms with Crippen molar-refractivity contribution in [3.63, 3.8) is 0 Å². The van der Waals surface area contributed by atoms with E-state index in [1.165, 1.54) is 0 Å². The van der Waals surface area contributed by atoms with Crippen molar-refractivity contribution >= 4 is 5.91 Å². The molecule has 0 unspecified atom stereocenters. The Morgan fingerprint density at radius 2 is 2.12 bits per heavy atom. The maximum absolute atomic E-state index is 12.3. The summed E-state index contributed by atoms with van der Waals surface area (Å²) < 4.78 is 1.77. The number of pyridine rings is 1. The van der Waals surface area contributed by atoms with Gasteiger partial charge in [0.2, 0.25) is 5.91 Å². The number of rotatable bonds is 5. The fourth-order valence-corrected chi connectivity index (χ4v) is 2.99. The van der Waals surface area contributed by atoms with Crippen LogP contribution in [0, 0.1) is 32.1 Å². The molecule has 0 aliphatic rings. The number of aromatic amines is 1. The minimum atomic E-state index is -0.383. The number of H-pyrrole nitrogens is 1. The second-order valence-corrected chi connectivity index (χ2v) is 6.27. The van der Waals surface area contributed by atoms with E-state index >= 15 is 0 Å². The molecule has 0 fully saturated rings. The number of aryl methyl sites for hydroxylation is 2. The van der Waals surface area contributed by atoms with Crippen molar-refractivity contribution in [2.24, 2.45) is 7.05 Å². The second-order valence-electron chi connectivity index (χ2n) is 6.27. The van der Waals surface area contributed by atoms with Crippen LogP contribution in [0.25, 0.3) is 0 Å². The van der Waals surface area contributed by atoms with Gasteiger partial charge in [-0.3, -0.25) is 14.3 Å². The van der Waals surface area contributed by atoms with E-state index in [9.17, 15) is 9.59 Å². The summed E-state index contributed by atoms with van der Waals surface area (Å²) in [4.78, 5) is 26.7. The van der Waals surface area contributed by atoms with Gasteiger partial charge in [0.05, 0.1) is 12.2 Å². The summed E-state index contributed by atoms with van der Waals surface area (Å²) in [6.07, 6.45) is 2.51. The molecule has 0 saturated heterocycles. The van der Waals surface area contributed by atoms with Crippen LogP contribution in [0.3, 0.4) is 0 Å². The lowest BCUT2D eigenvalue weighted by Crippen LogP contribution is -2.27. The first-order valence-electron chi connectivity index (χ1n) is 8.16. The fraction of sp³-hybridized carbons (Fsp3) is 0.444. The highest BCUT2D eigenvalue weighted by molar-refractivity contribution is 5.76. The number of nitrogens with one attached hydrogen (secondary N) is 2. The molecule has 7 heteroatoms. The molecule has 2 aromatic rings. The monoisotopic (exact) mass is 341 g/mol. The highest BCUT2D eigenvalue weighted by atomic mass is 16.1. The number of nitrogens with zero attached hydrogens (tertiary/aromatic N) is 3. The lowest BCUT2D eigenvalue weighted by atomic mass is 9.99.